The van der Waals surface area contributed by atoms with E-state index < -0.39 is 11.7 Å². The van der Waals surface area contributed by atoms with Crippen LogP contribution < -0.4 is 15.2 Å². The fourth-order valence-corrected chi connectivity index (χ4v) is 5.21. The number of nitrogens with two attached hydrogens (primary N) is 1. The van der Waals surface area contributed by atoms with E-state index in [0.29, 0.717) is 35.0 Å². The molecule has 2 heterocycles. The van der Waals surface area contributed by atoms with Gasteiger partial charge in [-0.2, -0.15) is 4.98 Å². The number of carbonyl (C=O) groups excluding carboxylic acids is 1. The van der Waals surface area contributed by atoms with E-state index in [1.54, 1.807) is 19.3 Å². The van der Waals surface area contributed by atoms with Crippen LogP contribution in [0.1, 0.15) is 64.0 Å². The van der Waals surface area contributed by atoms with Gasteiger partial charge in [0, 0.05) is 12.3 Å². The fourth-order valence-electron chi connectivity index (χ4n) is 5.21. The molecule has 0 bridgehead atoms. The van der Waals surface area contributed by atoms with Crippen LogP contribution >= 0.6 is 0 Å². The first-order valence-electron chi connectivity index (χ1n) is 13.6. The molecule has 41 heavy (non-hydrogen) atoms. The van der Waals surface area contributed by atoms with Crippen LogP contribution in [-0.2, 0) is 10.2 Å². The Balaban J connectivity index is 1.14. The van der Waals surface area contributed by atoms with Gasteiger partial charge >= 0.3 is 6.09 Å². The molecule has 4 aromatic rings. The third kappa shape index (κ3) is 6.82. The summed E-state index contributed by atoms with van der Waals surface area (Å²) in [4.78, 5) is 23.7. The highest BCUT2D eigenvalue weighted by atomic mass is 16.6. The molecule has 2 N–H and O–H groups in total. The largest absolute Gasteiger partial charge is 0.490 e. The lowest BCUT2D eigenvalue weighted by atomic mass is 9.76. The SMILES string of the molecule is Cc1nc(-c2ncc(Oc3ccc(C(C)(C)c4ccc(OC5CC(CC(C)(C)OC(N)=O)C5)cc4)cc3)cn2)no1. The minimum atomic E-state index is -0.733. The smallest absolute Gasteiger partial charge is 0.405 e. The number of primary amides is 1. The zero-order valence-corrected chi connectivity index (χ0v) is 24.0. The number of hydrogen-bond acceptors (Lipinski definition) is 9. The summed E-state index contributed by atoms with van der Waals surface area (Å²) < 4.78 is 22.3. The van der Waals surface area contributed by atoms with E-state index in [1.807, 2.05) is 38.1 Å². The van der Waals surface area contributed by atoms with Gasteiger partial charge in [-0.05, 0) is 74.4 Å². The molecule has 0 unspecified atom stereocenters. The van der Waals surface area contributed by atoms with Crippen LogP contribution in [0.25, 0.3) is 11.6 Å². The predicted octanol–water partition coefficient (Wildman–Crippen LogP) is 6.37. The van der Waals surface area contributed by atoms with Crippen molar-refractivity contribution < 1.29 is 23.5 Å². The average Bonchev–Trinajstić information content (AvgIpc) is 3.34. The number of carbonyl (C=O) groups is 1. The first kappa shape index (κ1) is 28.1. The van der Waals surface area contributed by atoms with Crippen LogP contribution in [0.2, 0.25) is 0 Å². The molecule has 2 aromatic heterocycles. The lowest BCUT2D eigenvalue weighted by molar-refractivity contribution is -0.0131. The summed E-state index contributed by atoms with van der Waals surface area (Å²) in [5.41, 5.74) is 6.72. The van der Waals surface area contributed by atoms with Crippen molar-refractivity contribution in [1.82, 2.24) is 20.1 Å². The van der Waals surface area contributed by atoms with Crippen molar-refractivity contribution >= 4 is 6.09 Å². The number of rotatable bonds is 10. The van der Waals surface area contributed by atoms with Crippen molar-refractivity contribution in [1.29, 1.82) is 0 Å². The normalized spacial score (nSPS) is 17.0. The maximum absolute atomic E-state index is 11.1. The lowest BCUT2D eigenvalue weighted by Gasteiger charge is -2.39. The molecule has 0 radical (unpaired) electrons. The standard InChI is InChI=1S/C31H35N5O5/c1-19-35-28(36-41-19)27-33-17-26(18-34-27)39-24-12-8-22(9-13-24)31(4,5)21-6-10-23(11-7-21)38-25-14-20(15-25)16-30(2,3)40-29(32)37/h6-13,17-18,20,25H,14-16H2,1-5H3,(H2,32,37). The van der Waals surface area contributed by atoms with Gasteiger partial charge in [0.25, 0.3) is 0 Å². The second-order valence-electron chi connectivity index (χ2n) is 11.6. The van der Waals surface area contributed by atoms with Crippen LogP contribution in [-0.4, -0.2) is 37.9 Å². The Hall–Kier alpha value is -4.47. The minimum absolute atomic E-state index is 0.167. The molecular weight excluding hydrogens is 522 g/mol. The number of benzene rings is 2. The quantitative estimate of drug-likeness (QED) is 0.236. The average molecular weight is 558 g/mol. The molecule has 1 aliphatic rings. The molecular formula is C31H35N5O5. The van der Waals surface area contributed by atoms with Crippen LogP contribution in [0.4, 0.5) is 4.79 Å². The van der Waals surface area contributed by atoms with Gasteiger partial charge in [0.05, 0.1) is 18.5 Å². The molecule has 0 atom stereocenters. The third-order valence-corrected chi connectivity index (χ3v) is 7.40. The van der Waals surface area contributed by atoms with E-state index in [9.17, 15) is 4.79 Å². The van der Waals surface area contributed by atoms with Crippen molar-refractivity contribution in [2.45, 2.75) is 71.0 Å². The van der Waals surface area contributed by atoms with Crippen molar-refractivity contribution in [2.24, 2.45) is 11.7 Å². The maximum Gasteiger partial charge on any atom is 0.405 e. The second kappa shape index (κ2) is 11.2. The Kier molecular flexibility index (Phi) is 7.66. The monoisotopic (exact) mass is 557 g/mol. The predicted molar refractivity (Wildman–Crippen MR) is 152 cm³/mol. The van der Waals surface area contributed by atoms with Crippen LogP contribution in [0.3, 0.4) is 0 Å². The number of hydrogen-bond donors (Lipinski definition) is 1. The summed E-state index contributed by atoms with van der Waals surface area (Å²) in [6.45, 7) is 9.88. The van der Waals surface area contributed by atoms with Crippen LogP contribution in [0.5, 0.6) is 17.2 Å². The van der Waals surface area contributed by atoms with Crippen molar-refractivity contribution in [3.8, 4) is 28.9 Å². The van der Waals surface area contributed by atoms with Gasteiger partial charge in [0.1, 0.15) is 17.1 Å². The molecule has 1 fully saturated rings. The Morgan fingerprint density at radius 2 is 1.49 bits per heavy atom. The molecule has 1 aliphatic carbocycles. The molecule has 0 aliphatic heterocycles. The van der Waals surface area contributed by atoms with Crippen LogP contribution in [0.15, 0.2) is 65.4 Å². The van der Waals surface area contributed by atoms with Gasteiger partial charge in [-0.25, -0.2) is 14.8 Å². The Bertz CT molecular complexity index is 1470. The van der Waals surface area contributed by atoms with Crippen LogP contribution in [0, 0.1) is 12.8 Å². The molecule has 5 rings (SSSR count). The second-order valence-corrected chi connectivity index (χ2v) is 11.6. The third-order valence-electron chi connectivity index (χ3n) is 7.40. The summed E-state index contributed by atoms with van der Waals surface area (Å²) in [7, 11) is 0. The summed E-state index contributed by atoms with van der Waals surface area (Å²) in [5.74, 6) is 3.66. The highest BCUT2D eigenvalue weighted by molar-refractivity contribution is 5.65. The molecule has 0 spiro atoms. The molecule has 2 aromatic carbocycles. The van der Waals surface area contributed by atoms with E-state index in [-0.39, 0.29) is 11.5 Å². The molecule has 214 valence electrons. The zero-order valence-electron chi connectivity index (χ0n) is 24.0. The van der Waals surface area contributed by atoms with Crippen molar-refractivity contribution in [2.75, 3.05) is 0 Å². The Morgan fingerprint density at radius 1 is 0.902 bits per heavy atom. The number of ether oxygens (including phenoxy) is 3. The molecule has 10 heteroatoms. The van der Waals surface area contributed by atoms with Gasteiger partial charge in [-0.15, -0.1) is 0 Å². The van der Waals surface area contributed by atoms with E-state index in [2.05, 4.69) is 58.2 Å². The summed E-state index contributed by atoms with van der Waals surface area (Å²) in [6, 6.07) is 16.3. The number of aromatic nitrogens is 4. The van der Waals surface area contributed by atoms with E-state index in [0.717, 1.165) is 30.6 Å². The minimum Gasteiger partial charge on any atom is -0.490 e. The van der Waals surface area contributed by atoms with Gasteiger partial charge in [0.2, 0.25) is 17.5 Å². The number of nitrogens with zero attached hydrogens (tertiary/aromatic N) is 4. The van der Waals surface area contributed by atoms with Gasteiger partial charge < -0.3 is 24.5 Å². The van der Waals surface area contributed by atoms with Crippen molar-refractivity contribution in [3.63, 3.8) is 0 Å². The summed E-state index contributed by atoms with van der Waals surface area (Å²) >= 11 is 0. The van der Waals surface area contributed by atoms with Crippen molar-refractivity contribution in [3.05, 3.63) is 77.9 Å². The van der Waals surface area contributed by atoms with Gasteiger partial charge in [-0.3, -0.25) is 0 Å². The highest BCUT2D eigenvalue weighted by Crippen LogP contribution is 2.39. The first-order valence-corrected chi connectivity index (χ1v) is 13.6. The fraction of sp³-hybridized carbons (Fsp3) is 0.387. The first-order chi connectivity index (χ1) is 19.5. The molecule has 1 amide bonds. The molecule has 10 nitrogen and oxygen atoms in total. The molecule has 0 saturated heterocycles. The Morgan fingerprint density at radius 3 is 2.02 bits per heavy atom. The summed E-state index contributed by atoms with van der Waals surface area (Å²) in [5, 5.41) is 3.83. The topological polar surface area (TPSA) is 135 Å². The zero-order chi connectivity index (χ0) is 29.2. The molecule has 1 saturated carbocycles. The van der Waals surface area contributed by atoms with Gasteiger partial charge in [0.15, 0.2) is 5.75 Å². The number of amides is 1. The van der Waals surface area contributed by atoms with Gasteiger partial charge in [-0.1, -0.05) is 43.3 Å². The highest BCUT2D eigenvalue weighted by Gasteiger charge is 2.36. The number of aryl methyl sites for hydroxylation is 1. The Labute approximate surface area is 239 Å². The van der Waals surface area contributed by atoms with E-state index >= 15 is 0 Å². The van der Waals surface area contributed by atoms with E-state index in [1.165, 1.54) is 5.56 Å². The summed E-state index contributed by atoms with van der Waals surface area (Å²) in [6.07, 6.45) is 5.24. The lowest BCUT2D eigenvalue weighted by Crippen LogP contribution is -2.40. The van der Waals surface area contributed by atoms with E-state index in [4.69, 9.17) is 24.5 Å². The maximum atomic E-state index is 11.1.